The van der Waals surface area contributed by atoms with E-state index in [0.29, 0.717) is 31.7 Å². The first-order valence-corrected chi connectivity index (χ1v) is 8.50. The molecule has 1 aliphatic rings. The lowest BCUT2D eigenvalue weighted by Gasteiger charge is -2.26. The molecule has 3 rings (SSSR count). The zero-order chi connectivity index (χ0) is 15.7. The molecule has 2 aromatic carbocycles. The van der Waals surface area contributed by atoms with E-state index in [4.69, 9.17) is 4.74 Å². The van der Waals surface area contributed by atoms with Crippen LogP contribution in [0.4, 0.5) is 5.69 Å². The molecule has 0 spiro atoms. The van der Waals surface area contributed by atoms with Gasteiger partial charge in [0.1, 0.15) is 10.6 Å². The molecule has 0 amide bonds. The minimum absolute atomic E-state index is 0.0600. The van der Waals surface area contributed by atoms with Gasteiger partial charge in [0.15, 0.2) is 0 Å². The van der Waals surface area contributed by atoms with Crippen molar-refractivity contribution in [3.8, 4) is 5.75 Å². The van der Waals surface area contributed by atoms with Crippen molar-refractivity contribution in [2.75, 3.05) is 38.7 Å². The number of sulfonamides is 1. The number of nitrogens with one attached hydrogen (secondary N) is 1. The van der Waals surface area contributed by atoms with Gasteiger partial charge in [-0.3, -0.25) is 0 Å². The molecule has 1 aliphatic heterocycles. The van der Waals surface area contributed by atoms with Crippen molar-refractivity contribution in [2.45, 2.75) is 4.90 Å². The average Bonchev–Trinajstić information content (AvgIpc) is 2.55. The van der Waals surface area contributed by atoms with Gasteiger partial charge in [-0.2, -0.15) is 4.31 Å². The van der Waals surface area contributed by atoms with Gasteiger partial charge < -0.3 is 15.2 Å². The van der Waals surface area contributed by atoms with E-state index in [0.717, 1.165) is 11.1 Å². The maximum Gasteiger partial charge on any atom is 0.246 e. The van der Waals surface area contributed by atoms with Crippen LogP contribution in [0.1, 0.15) is 0 Å². The maximum atomic E-state index is 12.7. The molecule has 6 nitrogen and oxygen atoms in total. The SMILES string of the molecule is CNc1cccc2c(O)c(S(=O)(=O)N3CCOCC3)ccc12. The van der Waals surface area contributed by atoms with E-state index in [1.54, 1.807) is 25.2 Å². The van der Waals surface area contributed by atoms with Gasteiger partial charge in [0, 0.05) is 36.6 Å². The molecule has 22 heavy (non-hydrogen) atoms. The number of benzene rings is 2. The van der Waals surface area contributed by atoms with Crippen molar-refractivity contribution in [1.82, 2.24) is 4.31 Å². The smallest absolute Gasteiger partial charge is 0.246 e. The minimum atomic E-state index is -3.72. The van der Waals surface area contributed by atoms with Crippen LogP contribution in [0.25, 0.3) is 10.8 Å². The molecule has 0 aromatic heterocycles. The third-order valence-electron chi connectivity index (χ3n) is 3.85. The van der Waals surface area contributed by atoms with Gasteiger partial charge in [0.25, 0.3) is 0 Å². The summed E-state index contributed by atoms with van der Waals surface area (Å²) >= 11 is 0. The van der Waals surface area contributed by atoms with Gasteiger partial charge in [0.2, 0.25) is 10.0 Å². The van der Waals surface area contributed by atoms with Crippen LogP contribution in [0.5, 0.6) is 5.75 Å². The molecular weight excluding hydrogens is 304 g/mol. The highest BCUT2D eigenvalue weighted by atomic mass is 32.2. The van der Waals surface area contributed by atoms with Gasteiger partial charge in [-0.25, -0.2) is 8.42 Å². The van der Waals surface area contributed by atoms with Crippen molar-refractivity contribution in [2.24, 2.45) is 0 Å². The van der Waals surface area contributed by atoms with E-state index in [9.17, 15) is 13.5 Å². The van der Waals surface area contributed by atoms with Gasteiger partial charge in [0.05, 0.1) is 13.2 Å². The van der Waals surface area contributed by atoms with Crippen molar-refractivity contribution in [3.63, 3.8) is 0 Å². The Balaban J connectivity index is 2.13. The number of hydrogen-bond acceptors (Lipinski definition) is 5. The van der Waals surface area contributed by atoms with Crippen molar-refractivity contribution >= 4 is 26.5 Å². The first-order valence-electron chi connectivity index (χ1n) is 7.06. The number of hydrogen-bond donors (Lipinski definition) is 2. The number of phenols is 1. The first-order chi connectivity index (χ1) is 10.6. The molecule has 2 N–H and O–H groups in total. The van der Waals surface area contributed by atoms with Crippen LogP contribution in [-0.2, 0) is 14.8 Å². The molecule has 0 saturated carbocycles. The molecule has 0 unspecified atom stereocenters. The summed E-state index contributed by atoms with van der Waals surface area (Å²) in [6, 6.07) is 8.54. The van der Waals surface area contributed by atoms with E-state index in [1.807, 2.05) is 6.07 Å². The van der Waals surface area contributed by atoms with Gasteiger partial charge in [-0.15, -0.1) is 0 Å². The summed E-state index contributed by atoms with van der Waals surface area (Å²) in [5.41, 5.74) is 0.836. The van der Waals surface area contributed by atoms with Crippen molar-refractivity contribution < 1.29 is 18.3 Å². The predicted molar refractivity (Wildman–Crippen MR) is 84.7 cm³/mol. The van der Waals surface area contributed by atoms with Crippen LogP contribution in [0.3, 0.4) is 0 Å². The number of fused-ring (bicyclic) bond motifs is 1. The Kier molecular flexibility index (Phi) is 3.94. The van der Waals surface area contributed by atoms with Crippen molar-refractivity contribution in [1.29, 1.82) is 0 Å². The van der Waals surface area contributed by atoms with Crippen LogP contribution in [0, 0.1) is 0 Å². The third kappa shape index (κ3) is 2.41. The summed E-state index contributed by atoms with van der Waals surface area (Å²) in [6.07, 6.45) is 0. The van der Waals surface area contributed by atoms with E-state index in [2.05, 4.69) is 5.32 Å². The zero-order valence-corrected chi connectivity index (χ0v) is 13.1. The second-order valence-corrected chi connectivity index (χ2v) is 6.99. The number of anilines is 1. The molecule has 1 heterocycles. The summed E-state index contributed by atoms with van der Waals surface area (Å²) in [4.78, 5) is -0.0600. The maximum absolute atomic E-state index is 12.7. The monoisotopic (exact) mass is 322 g/mol. The van der Waals surface area contributed by atoms with Gasteiger partial charge in [-0.1, -0.05) is 18.2 Å². The number of aromatic hydroxyl groups is 1. The summed E-state index contributed by atoms with van der Waals surface area (Å²) in [7, 11) is -1.94. The molecule has 7 heteroatoms. The Labute approximate surface area is 129 Å². The highest BCUT2D eigenvalue weighted by Gasteiger charge is 2.29. The van der Waals surface area contributed by atoms with Gasteiger partial charge in [-0.05, 0) is 12.1 Å². The van der Waals surface area contributed by atoms with Crippen LogP contribution < -0.4 is 5.32 Å². The largest absolute Gasteiger partial charge is 0.506 e. The highest BCUT2D eigenvalue weighted by molar-refractivity contribution is 7.89. The fourth-order valence-electron chi connectivity index (χ4n) is 2.67. The standard InChI is InChI=1S/C15H18N2O4S/c1-16-13-4-2-3-12-11(13)5-6-14(15(12)18)22(19,20)17-7-9-21-10-8-17/h2-6,16,18H,7-10H2,1H3. The minimum Gasteiger partial charge on any atom is -0.506 e. The summed E-state index contributed by atoms with van der Waals surface area (Å²) in [6.45, 7) is 1.35. The second-order valence-electron chi connectivity index (χ2n) is 5.08. The van der Waals surface area contributed by atoms with Crippen LogP contribution in [0.2, 0.25) is 0 Å². The Hall–Kier alpha value is -1.83. The molecule has 0 aliphatic carbocycles. The van der Waals surface area contributed by atoms with Crippen LogP contribution in [0.15, 0.2) is 35.2 Å². The molecule has 118 valence electrons. The molecule has 2 aromatic rings. The summed E-state index contributed by atoms with van der Waals surface area (Å²) < 4.78 is 31.9. The Morgan fingerprint density at radius 1 is 1.14 bits per heavy atom. The van der Waals surface area contributed by atoms with E-state index in [1.165, 1.54) is 10.4 Å². The predicted octanol–water partition coefficient (Wildman–Crippen LogP) is 1.61. The highest BCUT2D eigenvalue weighted by Crippen LogP contribution is 2.36. The number of morpholine rings is 1. The number of rotatable bonds is 3. The lowest BCUT2D eigenvalue weighted by Crippen LogP contribution is -2.40. The molecular formula is C15H18N2O4S. The normalized spacial score (nSPS) is 16.8. The molecule has 1 fully saturated rings. The first kappa shape index (κ1) is 15.1. The van der Waals surface area contributed by atoms with E-state index in [-0.39, 0.29) is 10.6 Å². The summed E-state index contributed by atoms with van der Waals surface area (Å²) in [5.74, 6) is -0.207. The molecule has 0 bridgehead atoms. The van der Waals surface area contributed by atoms with Crippen molar-refractivity contribution in [3.05, 3.63) is 30.3 Å². The number of nitrogens with zero attached hydrogens (tertiary/aromatic N) is 1. The Morgan fingerprint density at radius 3 is 2.55 bits per heavy atom. The fourth-order valence-corrected chi connectivity index (χ4v) is 4.18. The van der Waals surface area contributed by atoms with Crippen LogP contribution >= 0.6 is 0 Å². The topological polar surface area (TPSA) is 78.9 Å². The lowest BCUT2D eigenvalue weighted by atomic mass is 10.1. The Morgan fingerprint density at radius 2 is 1.86 bits per heavy atom. The average molecular weight is 322 g/mol. The fraction of sp³-hybridized carbons (Fsp3) is 0.333. The molecule has 1 saturated heterocycles. The van der Waals surface area contributed by atoms with Crippen LogP contribution in [-0.4, -0.2) is 51.2 Å². The van der Waals surface area contributed by atoms with E-state index >= 15 is 0 Å². The lowest BCUT2D eigenvalue weighted by molar-refractivity contribution is 0.0730. The van der Waals surface area contributed by atoms with E-state index < -0.39 is 10.0 Å². The molecule has 0 radical (unpaired) electrons. The zero-order valence-electron chi connectivity index (χ0n) is 12.2. The second kappa shape index (κ2) is 5.75. The van der Waals surface area contributed by atoms with Gasteiger partial charge >= 0.3 is 0 Å². The third-order valence-corrected chi connectivity index (χ3v) is 5.78. The molecule has 0 atom stereocenters. The quantitative estimate of drug-likeness (QED) is 0.897. The number of ether oxygens (including phenoxy) is 1. The Bertz CT molecular complexity index is 799. The number of phenolic OH excluding ortho intramolecular Hbond substituents is 1. The summed E-state index contributed by atoms with van der Waals surface area (Å²) in [5, 5.41) is 14.8.